The van der Waals surface area contributed by atoms with Gasteiger partial charge in [0, 0.05) is 0 Å². The molecule has 0 saturated carbocycles. The van der Waals surface area contributed by atoms with Crippen LogP contribution in [0.1, 0.15) is 10.4 Å². The minimum absolute atomic E-state index is 0.0280. The molecule has 1 nitrogen and oxygen atoms in total. The molecule has 0 radical (unpaired) electrons. The van der Waals surface area contributed by atoms with Crippen LogP contribution in [0.5, 0.6) is 0 Å². The van der Waals surface area contributed by atoms with Gasteiger partial charge in [-0.2, -0.15) is 0 Å². The van der Waals surface area contributed by atoms with Crippen LogP contribution >= 0.6 is 31.9 Å². The van der Waals surface area contributed by atoms with Crippen LogP contribution in [0.25, 0.3) is 0 Å². The van der Waals surface area contributed by atoms with Gasteiger partial charge < -0.3 is 0 Å². The third kappa shape index (κ3) is 2.34. The van der Waals surface area contributed by atoms with Crippen LogP contribution in [0.2, 0.25) is 0 Å². The number of alkyl halides is 1. The van der Waals surface area contributed by atoms with Crippen LogP contribution in [-0.4, -0.2) is 11.1 Å². The monoisotopic (exact) mass is 312 g/mol. The highest BCUT2D eigenvalue weighted by Crippen LogP contribution is 2.21. The molecule has 0 bridgehead atoms. The fraction of sp³-hybridized carbons (Fsp3) is 0.125. The molecule has 1 rings (SSSR count). The van der Waals surface area contributed by atoms with Crippen LogP contribution in [0.15, 0.2) is 16.6 Å². The Balaban J connectivity index is 3.28. The summed E-state index contributed by atoms with van der Waals surface area (Å²) in [4.78, 5) is 11.1. The number of Topliss-reactive ketones (excluding diaryl/α,β-unsaturated/α-hetero) is 1. The first-order valence-electron chi connectivity index (χ1n) is 3.30. The summed E-state index contributed by atoms with van der Waals surface area (Å²) in [5, 5.41) is -0.0280. The number of ketones is 1. The summed E-state index contributed by atoms with van der Waals surface area (Å²) in [7, 11) is 0. The summed E-state index contributed by atoms with van der Waals surface area (Å²) in [5.41, 5.74) is -0.247. The fourth-order valence-corrected chi connectivity index (χ4v) is 1.57. The van der Waals surface area contributed by atoms with Gasteiger partial charge in [-0.3, -0.25) is 4.79 Å². The van der Waals surface area contributed by atoms with Gasteiger partial charge >= 0.3 is 0 Å². The third-order valence-corrected chi connectivity index (χ3v) is 2.50. The van der Waals surface area contributed by atoms with E-state index in [1.165, 1.54) is 0 Å². The highest BCUT2D eigenvalue weighted by atomic mass is 79.9. The van der Waals surface area contributed by atoms with Crippen molar-refractivity contribution < 1.29 is 13.6 Å². The van der Waals surface area contributed by atoms with Gasteiger partial charge in [-0.25, -0.2) is 8.78 Å². The predicted octanol–water partition coefficient (Wildman–Crippen LogP) is 3.30. The first-order valence-corrected chi connectivity index (χ1v) is 5.21. The minimum atomic E-state index is -0.731. The van der Waals surface area contributed by atoms with E-state index in [0.717, 1.165) is 12.1 Å². The van der Waals surface area contributed by atoms with Gasteiger partial charge in [0.2, 0.25) is 0 Å². The van der Waals surface area contributed by atoms with Crippen LogP contribution < -0.4 is 0 Å². The van der Waals surface area contributed by atoms with E-state index in [1.807, 2.05) is 0 Å². The predicted molar refractivity (Wildman–Crippen MR) is 52.2 cm³/mol. The van der Waals surface area contributed by atoms with Gasteiger partial charge in [0.15, 0.2) is 5.78 Å². The molecular formula is C8H4Br2F2O. The minimum Gasteiger partial charge on any atom is -0.293 e. The molecule has 0 aliphatic rings. The van der Waals surface area contributed by atoms with Gasteiger partial charge in [0.05, 0.1) is 15.4 Å². The maximum atomic E-state index is 13.2. The highest BCUT2D eigenvalue weighted by Gasteiger charge is 2.14. The number of carbonyl (C=O) groups is 1. The Bertz CT molecular complexity index is 352. The molecule has 0 saturated heterocycles. The van der Waals surface area contributed by atoms with E-state index >= 15 is 0 Å². The van der Waals surface area contributed by atoms with E-state index < -0.39 is 17.4 Å². The first-order chi connectivity index (χ1) is 6.06. The second kappa shape index (κ2) is 4.28. The molecule has 70 valence electrons. The van der Waals surface area contributed by atoms with Crippen molar-refractivity contribution in [3.63, 3.8) is 0 Å². The van der Waals surface area contributed by atoms with Gasteiger partial charge in [-0.15, -0.1) is 0 Å². The van der Waals surface area contributed by atoms with E-state index in [-0.39, 0.29) is 15.4 Å². The molecular weight excluding hydrogens is 310 g/mol. The first kappa shape index (κ1) is 10.8. The number of rotatable bonds is 2. The maximum absolute atomic E-state index is 13.2. The van der Waals surface area contributed by atoms with Crippen molar-refractivity contribution in [2.75, 3.05) is 5.33 Å². The van der Waals surface area contributed by atoms with E-state index in [1.54, 1.807) is 0 Å². The SMILES string of the molecule is O=C(CBr)c1cc(F)cc(Br)c1F. The lowest BCUT2D eigenvalue weighted by Crippen LogP contribution is -2.04. The third-order valence-electron chi connectivity index (χ3n) is 1.41. The zero-order valence-electron chi connectivity index (χ0n) is 6.28. The molecule has 1 aromatic carbocycles. The average Bonchev–Trinajstić information content (AvgIpc) is 2.10. The largest absolute Gasteiger partial charge is 0.293 e. The van der Waals surface area contributed by atoms with E-state index in [2.05, 4.69) is 31.9 Å². The van der Waals surface area contributed by atoms with Gasteiger partial charge in [0.25, 0.3) is 0 Å². The maximum Gasteiger partial charge on any atom is 0.176 e. The van der Waals surface area contributed by atoms with Crippen LogP contribution in [0.4, 0.5) is 8.78 Å². The van der Waals surface area contributed by atoms with E-state index in [9.17, 15) is 13.6 Å². The normalized spacial score (nSPS) is 10.2. The Morgan fingerprint density at radius 3 is 2.54 bits per heavy atom. The Morgan fingerprint density at radius 1 is 1.38 bits per heavy atom. The number of hydrogen-bond acceptors (Lipinski definition) is 1. The van der Waals surface area contributed by atoms with Crippen molar-refractivity contribution in [3.05, 3.63) is 33.8 Å². The number of benzene rings is 1. The van der Waals surface area contributed by atoms with Crippen molar-refractivity contribution >= 4 is 37.6 Å². The van der Waals surface area contributed by atoms with Crippen molar-refractivity contribution in [1.82, 2.24) is 0 Å². The second-order valence-electron chi connectivity index (χ2n) is 2.31. The highest BCUT2D eigenvalue weighted by molar-refractivity contribution is 9.10. The van der Waals surface area contributed by atoms with Crippen molar-refractivity contribution in [1.29, 1.82) is 0 Å². The number of hydrogen-bond donors (Lipinski definition) is 0. The molecule has 0 unspecified atom stereocenters. The Labute approximate surface area is 90.4 Å². The van der Waals surface area contributed by atoms with Crippen LogP contribution in [0, 0.1) is 11.6 Å². The van der Waals surface area contributed by atoms with Gasteiger partial charge in [-0.1, -0.05) is 15.9 Å². The summed E-state index contributed by atoms with van der Waals surface area (Å²) in [6.45, 7) is 0. The lowest BCUT2D eigenvalue weighted by atomic mass is 10.1. The molecule has 0 N–H and O–H groups in total. The Kier molecular flexibility index (Phi) is 3.55. The van der Waals surface area contributed by atoms with Crippen molar-refractivity contribution in [3.8, 4) is 0 Å². The standard InChI is InChI=1S/C8H4Br2F2O/c9-3-7(13)5-1-4(11)2-6(10)8(5)12/h1-2H,3H2. The molecule has 0 spiro atoms. The zero-order valence-corrected chi connectivity index (χ0v) is 9.45. The summed E-state index contributed by atoms with van der Waals surface area (Å²) >= 11 is 5.69. The molecule has 0 fully saturated rings. The lowest BCUT2D eigenvalue weighted by Gasteiger charge is -2.01. The van der Waals surface area contributed by atoms with Crippen molar-refractivity contribution in [2.24, 2.45) is 0 Å². The van der Waals surface area contributed by atoms with Crippen molar-refractivity contribution in [2.45, 2.75) is 0 Å². The van der Waals surface area contributed by atoms with Gasteiger partial charge in [-0.05, 0) is 28.1 Å². The molecule has 0 amide bonds. The van der Waals surface area contributed by atoms with Crippen LogP contribution in [0.3, 0.4) is 0 Å². The molecule has 1 aromatic rings. The molecule has 0 aromatic heterocycles. The quantitative estimate of drug-likeness (QED) is 0.465. The molecule has 5 heteroatoms. The summed E-state index contributed by atoms with van der Waals surface area (Å²) in [6.07, 6.45) is 0. The smallest absolute Gasteiger partial charge is 0.176 e. The second-order valence-corrected chi connectivity index (χ2v) is 3.72. The molecule has 13 heavy (non-hydrogen) atoms. The van der Waals surface area contributed by atoms with E-state index in [4.69, 9.17) is 0 Å². The average molecular weight is 314 g/mol. The molecule has 0 aliphatic carbocycles. The summed E-state index contributed by atoms with van der Waals surface area (Å²) < 4.78 is 25.9. The Hall–Kier alpha value is -0.290. The van der Waals surface area contributed by atoms with E-state index in [0.29, 0.717) is 0 Å². The summed E-state index contributed by atoms with van der Waals surface area (Å²) in [6, 6.07) is 1.85. The van der Waals surface area contributed by atoms with Gasteiger partial charge in [0.1, 0.15) is 11.6 Å². The Morgan fingerprint density at radius 2 is 2.00 bits per heavy atom. The molecule has 0 atom stereocenters. The number of halogens is 4. The molecule has 0 aliphatic heterocycles. The molecule has 0 heterocycles. The lowest BCUT2D eigenvalue weighted by molar-refractivity contribution is 0.101. The fourth-order valence-electron chi connectivity index (χ4n) is 0.831. The summed E-state index contributed by atoms with van der Waals surface area (Å²) in [5.74, 6) is -1.86. The zero-order chi connectivity index (χ0) is 10.0. The topological polar surface area (TPSA) is 17.1 Å². The van der Waals surface area contributed by atoms with Crippen LogP contribution in [-0.2, 0) is 0 Å². The number of carbonyl (C=O) groups excluding carboxylic acids is 1.